The first kappa shape index (κ1) is 17.9. The van der Waals surface area contributed by atoms with Crippen LogP contribution in [0.4, 0.5) is 0 Å². The molecule has 0 saturated carbocycles. The molecule has 142 valence electrons. The molecule has 1 aliphatic heterocycles. The quantitative estimate of drug-likeness (QED) is 0.667. The number of pyridine rings is 1. The van der Waals surface area contributed by atoms with E-state index >= 15 is 0 Å². The van der Waals surface area contributed by atoms with E-state index < -0.39 is 0 Å². The molecular formula is C21H20N4O3. The lowest BCUT2D eigenvalue weighted by Gasteiger charge is -2.13. The number of carbonyl (C=O) groups is 3. The highest BCUT2D eigenvalue weighted by atomic mass is 16.2. The van der Waals surface area contributed by atoms with Gasteiger partial charge in [-0.25, -0.2) is 4.98 Å². The molecule has 3 aromatic rings. The smallest absolute Gasteiger partial charge is 0.261 e. The first-order chi connectivity index (χ1) is 13.5. The number of imide groups is 1. The Balaban J connectivity index is 1.27. The maximum atomic E-state index is 12.3. The van der Waals surface area contributed by atoms with Crippen molar-refractivity contribution in [1.82, 2.24) is 19.6 Å². The van der Waals surface area contributed by atoms with Crippen molar-refractivity contribution in [3.63, 3.8) is 0 Å². The highest BCUT2D eigenvalue weighted by Gasteiger charge is 2.34. The maximum absolute atomic E-state index is 12.3. The van der Waals surface area contributed by atoms with Gasteiger partial charge in [-0.15, -0.1) is 0 Å². The molecule has 28 heavy (non-hydrogen) atoms. The number of benzene rings is 1. The van der Waals surface area contributed by atoms with Crippen molar-refractivity contribution in [3.05, 3.63) is 71.2 Å². The van der Waals surface area contributed by atoms with E-state index in [1.54, 1.807) is 24.3 Å². The molecule has 0 atom stereocenters. The number of hydrogen-bond donors (Lipinski definition) is 1. The standard InChI is InChI=1S/C21H20N4O3/c1-14-6-7-18-23-15(13-24(18)12-14)8-10-22-19(26)9-11-25-20(27)16-4-2-3-5-17(16)21(25)28/h2-7,12-13H,8-11H2,1H3,(H,22,26). The minimum atomic E-state index is -0.339. The van der Waals surface area contributed by atoms with Crippen LogP contribution >= 0.6 is 0 Å². The van der Waals surface area contributed by atoms with E-state index in [4.69, 9.17) is 0 Å². The molecule has 0 spiro atoms. The predicted octanol–water partition coefficient (Wildman–Crippen LogP) is 1.99. The summed E-state index contributed by atoms with van der Waals surface area (Å²) in [6.07, 6.45) is 4.65. The van der Waals surface area contributed by atoms with Crippen molar-refractivity contribution in [1.29, 1.82) is 0 Å². The number of imidazole rings is 1. The summed E-state index contributed by atoms with van der Waals surface area (Å²) in [5.74, 6) is -0.877. The second kappa shape index (κ2) is 7.26. The average Bonchev–Trinajstić information content (AvgIpc) is 3.19. The summed E-state index contributed by atoms with van der Waals surface area (Å²) < 4.78 is 1.97. The molecule has 3 heterocycles. The first-order valence-electron chi connectivity index (χ1n) is 9.19. The second-order valence-corrected chi connectivity index (χ2v) is 6.86. The Morgan fingerprint density at radius 1 is 1.04 bits per heavy atom. The van der Waals surface area contributed by atoms with Crippen LogP contribution < -0.4 is 5.32 Å². The van der Waals surface area contributed by atoms with E-state index in [0.717, 1.165) is 21.8 Å². The number of aromatic nitrogens is 2. The minimum absolute atomic E-state index is 0.0752. The number of hydrogen-bond acceptors (Lipinski definition) is 4. The van der Waals surface area contributed by atoms with Crippen molar-refractivity contribution in [2.45, 2.75) is 19.8 Å². The van der Waals surface area contributed by atoms with Gasteiger partial charge >= 0.3 is 0 Å². The molecule has 0 saturated heterocycles. The van der Waals surface area contributed by atoms with Crippen molar-refractivity contribution < 1.29 is 14.4 Å². The van der Waals surface area contributed by atoms with Crippen molar-refractivity contribution in [3.8, 4) is 0 Å². The Hall–Kier alpha value is -3.48. The normalized spacial score (nSPS) is 13.2. The summed E-state index contributed by atoms with van der Waals surface area (Å²) in [6.45, 7) is 2.54. The molecule has 1 N–H and O–H groups in total. The van der Waals surface area contributed by atoms with Crippen LogP contribution in [0.15, 0.2) is 48.8 Å². The molecule has 4 rings (SSSR count). The fourth-order valence-corrected chi connectivity index (χ4v) is 3.35. The zero-order chi connectivity index (χ0) is 19.7. The predicted molar refractivity (Wildman–Crippen MR) is 103 cm³/mol. The topological polar surface area (TPSA) is 83.8 Å². The summed E-state index contributed by atoms with van der Waals surface area (Å²) in [7, 11) is 0. The zero-order valence-corrected chi connectivity index (χ0v) is 15.5. The van der Waals surface area contributed by atoms with Gasteiger partial charge in [0.05, 0.1) is 16.8 Å². The van der Waals surface area contributed by atoms with E-state index in [2.05, 4.69) is 10.3 Å². The van der Waals surface area contributed by atoms with Gasteiger partial charge < -0.3 is 9.72 Å². The molecule has 7 heteroatoms. The van der Waals surface area contributed by atoms with Crippen LogP contribution in [-0.2, 0) is 11.2 Å². The van der Waals surface area contributed by atoms with Gasteiger partial charge in [-0.05, 0) is 30.7 Å². The van der Waals surface area contributed by atoms with E-state index in [9.17, 15) is 14.4 Å². The van der Waals surface area contributed by atoms with Gasteiger partial charge in [0.25, 0.3) is 11.8 Å². The second-order valence-electron chi connectivity index (χ2n) is 6.86. The minimum Gasteiger partial charge on any atom is -0.356 e. The molecule has 2 aromatic heterocycles. The van der Waals surface area contributed by atoms with Crippen LogP contribution in [0.2, 0.25) is 0 Å². The molecule has 1 aromatic carbocycles. The fourth-order valence-electron chi connectivity index (χ4n) is 3.35. The first-order valence-corrected chi connectivity index (χ1v) is 9.19. The van der Waals surface area contributed by atoms with Gasteiger partial charge in [-0.3, -0.25) is 19.3 Å². The number of rotatable bonds is 6. The highest BCUT2D eigenvalue weighted by Crippen LogP contribution is 2.22. The van der Waals surface area contributed by atoms with Gasteiger partial charge in [0.1, 0.15) is 5.65 Å². The molecule has 3 amide bonds. The number of nitrogens with zero attached hydrogens (tertiary/aromatic N) is 3. The Kier molecular flexibility index (Phi) is 4.65. The Morgan fingerprint density at radius 2 is 1.75 bits per heavy atom. The van der Waals surface area contributed by atoms with Crippen LogP contribution in [-0.4, -0.2) is 45.1 Å². The SMILES string of the molecule is Cc1ccc2nc(CCNC(=O)CCN3C(=O)c4ccccc4C3=O)cn2c1. The zero-order valence-electron chi connectivity index (χ0n) is 15.5. The molecule has 0 aliphatic carbocycles. The van der Waals surface area contributed by atoms with Crippen molar-refractivity contribution in [2.75, 3.05) is 13.1 Å². The summed E-state index contributed by atoms with van der Waals surface area (Å²) in [5.41, 5.74) is 3.71. The lowest BCUT2D eigenvalue weighted by molar-refractivity contribution is -0.121. The summed E-state index contributed by atoms with van der Waals surface area (Å²) in [5, 5.41) is 2.82. The molecule has 0 unspecified atom stereocenters. The van der Waals surface area contributed by atoms with E-state index in [1.165, 1.54) is 0 Å². The monoisotopic (exact) mass is 376 g/mol. The van der Waals surface area contributed by atoms with Crippen molar-refractivity contribution in [2.24, 2.45) is 0 Å². The molecular weight excluding hydrogens is 356 g/mol. The number of amides is 3. The molecule has 1 aliphatic rings. The Labute approximate surface area is 162 Å². The van der Waals surface area contributed by atoms with Gasteiger partial charge in [-0.1, -0.05) is 18.2 Å². The number of fused-ring (bicyclic) bond motifs is 2. The van der Waals surface area contributed by atoms with Gasteiger partial charge in [0, 0.05) is 38.3 Å². The third-order valence-corrected chi connectivity index (χ3v) is 4.79. The van der Waals surface area contributed by atoms with Crippen LogP contribution in [0.5, 0.6) is 0 Å². The molecule has 0 radical (unpaired) electrons. The lowest BCUT2D eigenvalue weighted by Crippen LogP contribution is -2.35. The molecule has 7 nitrogen and oxygen atoms in total. The van der Waals surface area contributed by atoms with E-state index in [-0.39, 0.29) is 30.7 Å². The average molecular weight is 376 g/mol. The third-order valence-electron chi connectivity index (χ3n) is 4.79. The third kappa shape index (κ3) is 3.38. The summed E-state index contributed by atoms with van der Waals surface area (Å²) in [4.78, 5) is 42.3. The van der Waals surface area contributed by atoms with Crippen LogP contribution in [0.3, 0.4) is 0 Å². The van der Waals surface area contributed by atoms with E-state index in [1.807, 2.05) is 35.9 Å². The molecule has 0 bridgehead atoms. The largest absolute Gasteiger partial charge is 0.356 e. The van der Waals surface area contributed by atoms with Gasteiger partial charge in [0.2, 0.25) is 5.91 Å². The number of nitrogens with one attached hydrogen (secondary N) is 1. The number of aryl methyl sites for hydroxylation is 1. The van der Waals surface area contributed by atoms with Crippen LogP contribution in [0, 0.1) is 6.92 Å². The van der Waals surface area contributed by atoms with Gasteiger partial charge in [0.15, 0.2) is 0 Å². The molecule has 0 fully saturated rings. The Bertz CT molecular complexity index is 1050. The van der Waals surface area contributed by atoms with Crippen LogP contribution in [0.1, 0.15) is 38.4 Å². The summed E-state index contributed by atoms with van der Waals surface area (Å²) >= 11 is 0. The van der Waals surface area contributed by atoms with Crippen molar-refractivity contribution >= 4 is 23.4 Å². The maximum Gasteiger partial charge on any atom is 0.261 e. The van der Waals surface area contributed by atoms with Crippen LogP contribution in [0.25, 0.3) is 5.65 Å². The highest BCUT2D eigenvalue weighted by molar-refractivity contribution is 6.21. The lowest BCUT2D eigenvalue weighted by atomic mass is 10.1. The van der Waals surface area contributed by atoms with Gasteiger partial charge in [-0.2, -0.15) is 0 Å². The fraction of sp³-hybridized carbons (Fsp3) is 0.238. The Morgan fingerprint density at radius 3 is 2.46 bits per heavy atom. The number of carbonyl (C=O) groups excluding carboxylic acids is 3. The summed E-state index contributed by atoms with van der Waals surface area (Å²) in [6, 6.07) is 10.7. The van der Waals surface area contributed by atoms with E-state index in [0.29, 0.717) is 24.1 Å².